The van der Waals surface area contributed by atoms with Gasteiger partial charge in [0.2, 0.25) is 0 Å². The van der Waals surface area contributed by atoms with Crippen LogP contribution >= 0.6 is 0 Å². The molecule has 88 valence electrons. The maximum Gasteiger partial charge on any atom is 0.110 e. The van der Waals surface area contributed by atoms with Crippen LogP contribution in [0, 0.1) is 0 Å². The molecule has 1 rings (SSSR count). The minimum Gasteiger partial charge on any atom is -0.497 e. The van der Waals surface area contributed by atoms with Crippen molar-refractivity contribution in [2.75, 3.05) is 32.7 Å². The van der Waals surface area contributed by atoms with E-state index in [9.17, 15) is 0 Å². The summed E-state index contributed by atoms with van der Waals surface area (Å²) in [5.41, 5.74) is 0. The van der Waals surface area contributed by atoms with Gasteiger partial charge in [0.1, 0.15) is 6.10 Å². The highest BCUT2D eigenvalue weighted by atomic mass is 16.5. The topological polar surface area (TPSA) is 24.5 Å². The van der Waals surface area contributed by atoms with Gasteiger partial charge in [0.05, 0.1) is 6.26 Å². The molecule has 0 amide bonds. The first-order chi connectivity index (χ1) is 7.36. The van der Waals surface area contributed by atoms with Crippen LogP contribution in [-0.2, 0) is 4.74 Å². The molecule has 1 unspecified atom stereocenters. The van der Waals surface area contributed by atoms with Gasteiger partial charge in [0, 0.05) is 19.6 Å². The zero-order valence-corrected chi connectivity index (χ0v) is 10.0. The van der Waals surface area contributed by atoms with E-state index in [0.717, 1.165) is 45.6 Å². The van der Waals surface area contributed by atoms with Gasteiger partial charge in [-0.25, -0.2) is 0 Å². The molecule has 3 nitrogen and oxygen atoms in total. The molecular formula is C12H24N2O. The summed E-state index contributed by atoms with van der Waals surface area (Å²) in [6.45, 7) is 9.87. The lowest BCUT2D eigenvalue weighted by molar-refractivity contribution is 0.121. The Bertz CT molecular complexity index is 178. The third-order valence-corrected chi connectivity index (χ3v) is 2.89. The maximum atomic E-state index is 5.48. The van der Waals surface area contributed by atoms with Crippen molar-refractivity contribution in [1.29, 1.82) is 0 Å². The second-order valence-electron chi connectivity index (χ2n) is 3.94. The van der Waals surface area contributed by atoms with Gasteiger partial charge >= 0.3 is 0 Å². The number of hydrogen-bond donors (Lipinski definition) is 1. The lowest BCUT2D eigenvalue weighted by Gasteiger charge is -2.21. The number of rotatable bonds is 7. The molecule has 1 aliphatic rings. The predicted octanol–water partition coefficient (Wildman–Crippen LogP) is 1.61. The van der Waals surface area contributed by atoms with Gasteiger partial charge in [0.25, 0.3) is 0 Å². The Morgan fingerprint density at radius 1 is 1.40 bits per heavy atom. The summed E-state index contributed by atoms with van der Waals surface area (Å²) in [6, 6.07) is 0. The molecule has 1 atom stereocenters. The molecule has 1 aliphatic heterocycles. The van der Waals surface area contributed by atoms with Crippen LogP contribution in [0.5, 0.6) is 0 Å². The number of nitrogens with one attached hydrogen (secondary N) is 1. The fourth-order valence-corrected chi connectivity index (χ4v) is 1.78. The van der Waals surface area contributed by atoms with Crippen molar-refractivity contribution in [1.82, 2.24) is 10.2 Å². The van der Waals surface area contributed by atoms with Crippen molar-refractivity contribution in [2.45, 2.75) is 32.8 Å². The number of nitrogens with zero attached hydrogens (tertiary/aromatic N) is 1. The summed E-state index contributed by atoms with van der Waals surface area (Å²) >= 11 is 0. The second-order valence-corrected chi connectivity index (χ2v) is 3.94. The summed E-state index contributed by atoms with van der Waals surface area (Å²) < 4.78 is 5.48. The van der Waals surface area contributed by atoms with E-state index in [1.54, 1.807) is 0 Å². The average Bonchev–Trinajstić information content (AvgIpc) is 2.31. The summed E-state index contributed by atoms with van der Waals surface area (Å²) in [4.78, 5) is 2.43. The number of hydrogen-bond acceptors (Lipinski definition) is 3. The van der Waals surface area contributed by atoms with Crippen molar-refractivity contribution in [3.05, 3.63) is 12.3 Å². The third kappa shape index (κ3) is 5.19. The van der Waals surface area contributed by atoms with Crippen LogP contribution in [0.4, 0.5) is 0 Å². The molecule has 0 aromatic rings. The lowest BCUT2D eigenvalue weighted by Crippen LogP contribution is -2.36. The Morgan fingerprint density at radius 2 is 2.20 bits per heavy atom. The van der Waals surface area contributed by atoms with Crippen LogP contribution in [0.1, 0.15) is 26.7 Å². The van der Waals surface area contributed by atoms with E-state index in [0.29, 0.717) is 6.10 Å². The quantitative estimate of drug-likeness (QED) is 0.649. The van der Waals surface area contributed by atoms with Crippen molar-refractivity contribution < 1.29 is 4.74 Å². The molecule has 15 heavy (non-hydrogen) atoms. The third-order valence-electron chi connectivity index (χ3n) is 2.89. The first kappa shape index (κ1) is 12.5. The number of ether oxygens (including phenoxy) is 1. The van der Waals surface area contributed by atoms with Gasteiger partial charge < -0.3 is 15.0 Å². The zero-order chi connectivity index (χ0) is 10.9. The first-order valence-electron chi connectivity index (χ1n) is 6.10. The van der Waals surface area contributed by atoms with Gasteiger partial charge in [-0.1, -0.05) is 13.8 Å². The standard InChI is InChI=1S/C12H24N2O/c1-3-14(4-2)9-8-13-11-12-7-5-6-10-15-12/h6,10,12-13H,3-5,7-9,11H2,1-2H3. The molecule has 0 aromatic heterocycles. The molecule has 0 bridgehead atoms. The van der Waals surface area contributed by atoms with Crippen LogP contribution in [-0.4, -0.2) is 43.7 Å². The minimum absolute atomic E-state index is 0.381. The van der Waals surface area contributed by atoms with Crippen LogP contribution in [0.2, 0.25) is 0 Å². The Balaban J connectivity index is 1.98. The summed E-state index contributed by atoms with van der Waals surface area (Å²) in [5, 5.41) is 3.45. The largest absolute Gasteiger partial charge is 0.497 e. The van der Waals surface area contributed by atoms with Gasteiger partial charge in [-0.3, -0.25) is 0 Å². The molecule has 0 fully saturated rings. The van der Waals surface area contributed by atoms with Gasteiger partial charge in [0.15, 0.2) is 0 Å². The Hall–Kier alpha value is -0.540. The Morgan fingerprint density at radius 3 is 2.80 bits per heavy atom. The van der Waals surface area contributed by atoms with E-state index in [2.05, 4.69) is 30.1 Å². The van der Waals surface area contributed by atoms with Crippen LogP contribution in [0.3, 0.4) is 0 Å². The lowest BCUT2D eigenvalue weighted by atomic mass is 10.1. The molecule has 1 heterocycles. The maximum absolute atomic E-state index is 5.48. The Kier molecular flexibility index (Phi) is 6.44. The SMILES string of the molecule is CCN(CC)CCNCC1CCC=CO1. The van der Waals surface area contributed by atoms with E-state index in [-0.39, 0.29) is 0 Å². The van der Waals surface area contributed by atoms with E-state index >= 15 is 0 Å². The molecule has 0 aliphatic carbocycles. The highest BCUT2D eigenvalue weighted by molar-refractivity contribution is 4.82. The molecule has 0 saturated carbocycles. The second kappa shape index (κ2) is 7.71. The van der Waals surface area contributed by atoms with Crippen LogP contribution in [0.25, 0.3) is 0 Å². The first-order valence-corrected chi connectivity index (χ1v) is 6.10. The van der Waals surface area contributed by atoms with E-state index in [1.807, 2.05) is 6.26 Å². The molecule has 0 saturated heterocycles. The minimum atomic E-state index is 0.381. The average molecular weight is 212 g/mol. The normalized spacial score (nSPS) is 20.6. The van der Waals surface area contributed by atoms with Crippen molar-refractivity contribution in [3.63, 3.8) is 0 Å². The van der Waals surface area contributed by atoms with E-state index in [1.165, 1.54) is 0 Å². The van der Waals surface area contributed by atoms with Crippen molar-refractivity contribution in [3.8, 4) is 0 Å². The molecule has 0 radical (unpaired) electrons. The van der Waals surface area contributed by atoms with Gasteiger partial charge in [-0.05, 0) is 32.0 Å². The molecule has 0 spiro atoms. The summed E-state index contributed by atoms with van der Waals surface area (Å²) in [7, 11) is 0. The van der Waals surface area contributed by atoms with Crippen molar-refractivity contribution >= 4 is 0 Å². The highest BCUT2D eigenvalue weighted by Crippen LogP contribution is 2.08. The van der Waals surface area contributed by atoms with Gasteiger partial charge in [-0.2, -0.15) is 0 Å². The smallest absolute Gasteiger partial charge is 0.110 e. The monoisotopic (exact) mass is 212 g/mol. The van der Waals surface area contributed by atoms with Crippen molar-refractivity contribution in [2.24, 2.45) is 0 Å². The molecule has 0 aromatic carbocycles. The zero-order valence-electron chi connectivity index (χ0n) is 10.0. The van der Waals surface area contributed by atoms with Crippen LogP contribution < -0.4 is 5.32 Å². The fourth-order valence-electron chi connectivity index (χ4n) is 1.78. The molecular weight excluding hydrogens is 188 g/mol. The molecule has 1 N–H and O–H groups in total. The number of allylic oxidation sites excluding steroid dienone is 1. The van der Waals surface area contributed by atoms with Gasteiger partial charge in [-0.15, -0.1) is 0 Å². The Labute approximate surface area is 93.5 Å². The van der Waals surface area contributed by atoms with E-state index in [4.69, 9.17) is 4.74 Å². The summed E-state index contributed by atoms with van der Waals surface area (Å²) in [6.07, 6.45) is 6.61. The highest BCUT2D eigenvalue weighted by Gasteiger charge is 2.09. The predicted molar refractivity (Wildman–Crippen MR) is 63.9 cm³/mol. The van der Waals surface area contributed by atoms with E-state index < -0.39 is 0 Å². The molecule has 3 heteroatoms. The fraction of sp³-hybridized carbons (Fsp3) is 0.833. The van der Waals surface area contributed by atoms with Crippen LogP contribution in [0.15, 0.2) is 12.3 Å². The summed E-state index contributed by atoms with van der Waals surface area (Å²) in [5.74, 6) is 0. The number of likely N-dealkylation sites (N-methyl/N-ethyl adjacent to an activating group) is 1.